The number of anilines is 1. The third-order valence-electron chi connectivity index (χ3n) is 2.96. The molecule has 0 aliphatic heterocycles. The van der Waals surface area contributed by atoms with Gasteiger partial charge in [-0.05, 0) is 6.07 Å². The molecule has 1 amide bonds. The minimum atomic E-state index is -0.937. The third kappa shape index (κ3) is 2.61. The highest BCUT2D eigenvalue weighted by molar-refractivity contribution is 5.95. The SMILES string of the molecule is CN(Cc1nccn1C)C(=O)c1cc(N)c(F)cc1F. The highest BCUT2D eigenvalue weighted by Gasteiger charge is 2.19. The zero-order chi connectivity index (χ0) is 14.9. The lowest BCUT2D eigenvalue weighted by atomic mass is 10.1. The van der Waals surface area contributed by atoms with Crippen molar-refractivity contribution in [1.29, 1.82) is 0 Å². The number of rotatable bonds is 3. The fourth-order valence-electron chi connectivity index (χ4n) is 1.77. The molecule has 20 heavy (non-hydrogen) atoms. The van der Waals surface area contributed by atoms with E-state index < -0.39 is 17.5 Å². The number of nitrogen functional groups attached to an aromatic ring is 1. The predicted molar refractivity (Wildman–Crippen MR) is 69.8 cm³/mol. The second-order valence-corrected chi connectivity index (χ2v) is 4.47. The molecule has 0 fully saturated rings. The van der Waals surface area contributed by atoms with Gasteiger partial charge in [-0.25, -0.2) is 13.8 Å². The van der Waals surface area contributed by atoms with Gasteiger partial charge < -0.3 is 15.2 Å². The Morgan fingerprint density at radius 1 is 1.40 bits per heavy atom. The predicted octanol–water partition coefficient (Wildman–Crippen LogP) is 1.55. The number of aryl methyl sites for hydroxylation is 1. The minimum absolute atomic E-state index is 0.207. The lowest BCUT2D eigenvalue weighted by Gasteiger charge is -2.17. The number of hydrogen-bond acceptors (Lipinski definition) is 3. The van der Waals surface area contributed by atoms with Gasteiger partial charge in [-0.15, -0.1) is 0 Å². The average Bonchev–Trinajstić information content (AvgIpc) is 2.78. The van der Waals surface area contributed by atoms with Gasteiger partial charge in [-0.1, -0.05) is 0 Å². The van der Waals surface area contributed by atoms with Gasteiger partial charge in [-0.3, -0.25) is 4.79 Å². The van der Waals surface area contributed by atoms with Gasteiger partial charge in [-0.2, -0.15) is 0 Å². The van der Waals surface area contributed by atoms with Crippen LogP contribution < -0.4 is 5.73 Å². The molecular formula is C13H14F2N4O. The molecule has 0 saturated carbocycles. The van der Waals surface area contributed by atoms with Crippen LogP contribution in [-0.4, -0.2) is 27.4 Å². The van der Waals surface area contributed by atoms with Gasteiger partial charge in [0.15, 0.2) is 0 Å². The lowest BCUT2D eigenvalue weighted by molar-refractivity contribution is 0.0776. The summed E-state index contributed by atoms with van der Waals surface area (Å²) in [5, 5.41) is 0. The van der Waals surface area contributed by atoms with Crippen molar-refractivity contribution in [1.82, 2.24) is 14.5 Å². The number of carbonyl (C=O) groups is 1. The summed E-state index contributed by atoms with van der Waals surface area (Å²) in [5.41, 5.74) is 4.83. The Morgan fingerprint density at radius 3 is 2.70 bits per heavy atom. The molecule has 0 spiro atoms. The zero-order valence-electron chi connectivity index (χ0n) is 11.1. The van der Waals surface area contributed by atoms with Crippen LogP contribution in [0.25, 0.3) is 0 Å². The van der Waals surface area contributed by atoms with Crippen LogP contribution in [0.5, 0.6) is 0 Å². The first-order valence-corrected chi connectivity index (χ1v) is 5.86. The summed E-state index contributed by atoms with van der Waals surface area (Å²) in [7, 11) is 3.30. The van der Waals surface area contributed by atoms with E-state index in [1.165, 1.54) is 11.9 Å². The highest BCUT2D eigenvalue weighted by Crippen LogP contribution is 2.18. The molecule has 7 heteroatoms. The second-order valence-electron chi connectivity index (χ2n) is 4.47. The average molecular weight is 280 g/mol. The summed E-state index contributed by atoms with van der Waals surface area (Å²) >= 11 is 0. The van der Waals surface area contributed by atoms with Crippen molar-refractivity contribution >= 4 is 11.6 Å². The number of carbonyl (C=O) groups excluding carboxylic acids is 1. The Hall–Kier alpha value is -2.44. The Morgan fingerprint density at radius 2 is 2.10 bits per heavy atom. The fourth-order valence-corrected chi connectivity index (χ4v) is 1.77. The topological polar surface area (TPSA) is 64.2 Å². The molecule has 106 valence electrons. The van der Waals surface area contributed by atoms with E-state index in [0.717, 1.165) is 6.07 Å². The van der Waals surface area contributed by atoms with E-state index in [2.05, 4.69) is 4.98 Å². The number of amides is 1. The third-order valence-corrected chi connectivity index (χ3v) is 2.96. The Kier molecular flexibility index (Phi) is 3.69. The molecule has 2 N–H and O–H groups in total. The van der Waals surface area contributed by atoms with Crippen LogP contribution in [0.3, 0.4) is 0 Å². The first-order chi connectivity index (χ1) is 9.40. The number of nitrogens with two attached hydrogens (primary N) is 1. The first kappa shape index (κ1) is 14.0. The zero-order valence-corrected chi connectivity index (χ0v) is 11.1. The lowest BCUT2D eigenvalue weighted by Crippen LogP contribution is -2.28. The molecule has 1 aromatic heterocycles. The van der Waals surface area contributed by atoms with Crippen LogP contribution >= 0.6 is 0 Å². The van der Waals surface area contributed by atoms with Crippen molar-refractivity contribution in [3.63, 3.8) is 0 Å². The maximum absolute atomic E-state index is 13.6. The summed E-state index contributed by atoms with van der Waals surface area (Å²) in [6.45, 7) is 0.207. The summed E-state index contributed by atoms with van der Waals surface area (Å²) < 4.78 is 28.5. The minimum Gasteiger partial charge on any atom is -0.396 e. The second kappa shape index (κ2) is 5.28. The first-order valence-electron chi connectivity index (χ1n) is 5.86. The maximum Gasteiger partial charge on any atom is 0.257 e. The van der Waals surface area contributed by atoms with Gasteiger partial charge in [0.2, 0.25) is 0 Å². The van der Waals surface area contributed by atoms with Crippen molar-refractivity contribution in [2.45, 2.75) is 6.54 Å². The quantitative estimate of drug-likeness (QED) is 0.868. The number of nitrogens with zero attached hydrogens (tertiary/aromatic N) is 3. The van der Waals surface area contributed by atoms with E-state index in [1.807, 2.05) is 0 Å². The van der Waals surface area contributed by atoms with Gasteiger partial charge in [0.25, 0.3) is 5.91 Å². The molecule has 0 saturated heterocycles. The highest BCUT2D eigenvalue weighted by atomic mass is 19.1. The van der Waals surface area contributed by atoms with Crippen molar-refractivity contribution in [3.05, 3.63) is 47.5 Å². The van der Waals surface area contributed by atoms with Crippen LogP contribution in [0.4, 0.5) is 14.5 Å². The molecule has 0 aliphatic carbocycles. The number of halogens is 2. The van der Waals surface area contributed by atoms with Crippen LogP contribution in [0, 0.1) is 11.6 Å². The molecule has 2 rings (SSSR count). The molecular weight excluding hydrogens is 266 g/mol. The van der Waals surface area contributed by atoms with Crippen LogP contribution in [0.15, 0.2) is 24.5 Å². The van der Waals surface area contributed by atoms with E-state index >= 15 is 0 Å². The standard InChI is InChI=1S/C13H14F2N4O/c1-18-4-3-17-12(18)7-19(2)13(20)8-5-11(16)10(15)6-9(8)14/h3-6H,7,16H2,1-2H3. The van der Waals surface area contributed by atoms with Gasteiger partial charge in [0.1, 0.15) is 17.5 Å². The van der Waals surface area contributed by atoms with Crippen molar-refractivity contribution in [3.8, 4) is 0 Å². The van der Waals surface area contributed by atoms with Gasteiger partial charge in [0.05, 0.1) is 17.8 Å². The Balaban J connectivity index is 2.23. The summed E-state index contributed by atoms with van der Waals surface area (Å²) in [4.78, 5) is 17.5. The largest absolute Gasteiger partial charge is 0.396 e. The number of imidazole rings is 1. The number of benzene rings is 1. The van der Waals surface area contributed by atoms with Crippen molar-refractivity contribution in [2.24, 2.45) is 7.05 Å². The van der Waals surface area contributed by atoms with Crippen LogP contribution in [0.1, 0.15) is 16.2 Å². The summed E-state index contributed by atoms with van der Waals surface area (Å²) in [5.74, 6) is -1.76. The monoisotopic (exact) mass is 280 g/mol. The molecule has 0 radical (unpaired) electrons. The molecule has 1 heterocycles. The van der Waals surface area contributed by atoms with E-state index in [1.54, 1.807) is 24.0 Å². The summed E-state index contributed by atoms with van der Waals surface area (Å²) in [6, 6.07) is 1.61. The van der Waals surface area contributed by atoms with E-state index in [0.29, 0.717) is 11.9 Å². The molecule has 5 nitrogen and oxygen atoms in total. The Bertz CT molecular complexity index is 654. The molecule has 0 atom stereocenters. The molecule has 2 aromatic rings. The van der Waals surface area contributed by atoms with Crippen LogP contribution in [0.2, 0.25) is 0 Å². The molecule has 1 aromatic carbocycles. The Labute approximate surface area is 114 Å². The van der Waals surface area contributed by atoms with E-state index in [-0.39, 0.29) is 17.8 Å². The van der Waals surface area contributed by atoms with Crippen molar-refractivity contribution in [2.75, 3.05) is 12.8 Å². The van der Waals surface area contributed by atoms with Gasteiger partial charge in [0, 0.05) is 32.6 Å². The normalized spacial score (nSPS) is 10.6. The van der Waals surface area contributed by atoms with Gasteiger partial charge >= 0.3 is 0 Å². The fraction of sp³-hybridized carbons (Fsp3) is 0.231. The number of hydrogen-bond donors (Lipinski definition) is 1. The van der Waals surface area contributed by atoms with Crippen molar-refractivity contribution < 1.29 is 13.6 Å². The molecule has 0 unspecified atom stereocenters. The van der Waals surface area contributed by atoms with Crippen LogP contribution in [-0.2, 0) is 13.6 Å². The summed E-state index contributed by atoms with van der Waals surface area (Å²) in [6.07, 6.45) is 3.34. The number of aromatic nitrogens is 2. The molecule has 0 bridgehead atoms. The maximum atomic E-state index is 13.6. The smallest absolute Gasteiger partial charge is 0.257 e. The van der Waals surface area contributed by atoms with E-state index in [4.69, 9.17) is 5.73 Å². The van der Waals surface area contributed by atoms with E-state index in [9.17, 15) is 13.6 Å². The molecule has 0 aliphatic rings.